The predicted molar refractivity (Wildman–Crippen MR) is 240 cm³/mol. The third kappa shape index (κ3) is 45.4. The van der Waals surface area contributed by atoms with Gasteiger partial charge in [-0.15, -0.1) is 0 Å². The van der Waals surface area contributed by atoms with Gasteiger partial charge in [-0.3, -0.25) is 9.36 Å². The molecule has 0 aliphatic rings. The molecular formula is C48H90NO7P. The molecule has 0 N–H and O–H groups in total. The van der Waals surface area contributed by atoms with Crippen LogP contribution < -0.4 is 4.89 Å². The Kier molecular flexibility index (Phi) is 40.1. The van der Waals surface area contributed by atoms with Gasteiger partial charge in [-0.25, -0.2) is 0 Å². The van der Waals surface area contributed by atoms with Crippen LogP contribution in [0.25, 0.3) is 0 Å². The second-order valence-corrected chi connectivity index (χ2v) is 18.2. The van der Waals surface area contributed by atoms with E-state index in [-0.39, 0.29) is 32.2 Å². The van der Waals surface area contributed by atoms with Crippen molar-refractivity contribution in [1.82, 2.24) is 0 Å². The molecule has 9 heteroatoms. The first-order chi connectivity index (χ1) is 27.6. The lowest BCUT2D eigenvalue weighted by Crippen LogP contribution is -2.37. The first-order valence-electron chi connectivity index (χ1n) is 23.4. The van der Waals surface area contributed by atoms with Crippen LogP contribution in [0.15, 0.2) is 48.6 Å². The zero-order chi connectivity index (χ0) is 42.0. The predicted octanol–water partition coefficient (Wildman–Crippen LogP) is 13.3. The maximum Gasteiger partial charge on any atom is 0.306 e. The largest absolute Gasteiger partial charge is 0.756 e. The number of phosphoric acid groups is 1. The van der Waals surface area contributed by atoms with Crippen LogP contribution in [0.4, 0.5) is 0 Å². The van der Waals surface area contributed by atoms with E-state index >= 15 is 0 Å². The summed E-state index contributed by atoms with van der Waals surface area (Å²) in [5.41, 5.74) is 0. The number of phosphoric ester groups is 1. The summed E-state index contributed by atoms with van der Waals surface area (Å²) in [5, 5.41) is 0. The summed E-state index contributed by atoms with van der Waals surface area (Å²) in [5.74, 6) is -0.372. The first kappa shape index (κ1) is 55.5. The van der Waals surface area contributed by atoms with Crippen LogP contribution in [-0.2, 0) is 27.9 Å². The summed E-state index contributed by atoms with van der Waals surface area (Å²) in [7, 11) is 1.33. The summed E-state index contributed by atoms with van der Waals surface area (Å²) in [4.78, 5) is 25.1. The molecule has 0 spiro atoms. The molecule has 334 valence electrons. The maximum absolute atomic E-state index is 12.7. The number of unbranched alkanes of at least 4 members (excludes halogenated alkanes) is 21. The van der Waals surface area contributed by atoms with Crippen molar-refractivity contribution < 1.29 is 37.3 Å². The molecule has 8 nitrogen and oxygen atoms in total. The fourth-order valence-corrected chi connectivity index (χ4v) is 7.03. The van der Waals surface area contributed by atoms with Gasteiger partial charge in [0.05, 0.1) is 34.4 Å². The van der Waals surface area contributed by atoms with Gasteiger partial charge in [0.2, 0.25) is 0 Å². The third-order valence-corrected chi connectivity index (χ3v) is 10.9. The van der Waals surface area contributed by atoms with Crippen molar-refractivity contribution >= 4 is 13.8 Å². The van der Waals surface area contributed by atoms with Crippen molar-refractivity contribution in [2.75, 3.05) is 54.1 Å². The Morgan fingerprint density at radius 1 is 0.561 bits per heavy atom. The molecule has 0 rings (SSSR count). The molecule has 2 atom stereocenters. The van der Waals surface area contributed by atoms with E-state index in [0.717, 1.165) is 51.4 Å². The van der Waals surface area contributed by atoms with Crippen LogP contribution in [0.2, 0.25) is 0 Å². The van der Waals surface area contributed by atoms with Crippen molar-refractivity contribution in [2.24, 2.45) is 0 Å². The highest BCUT2D eigenvalue weighted by Gasteiger charge is 2.20. The van der Waals surface area contributed by atoms with E-state index in [9.17, 15) is 14.3 Å². The summed E-state index contributed by atoms with van der Waals surface area (Å²) in [6, 6.07) is 0. The number of likely N-dealkylation sites (N-methyl/N-ethyl adjacent to an activating group) is 1. The number of allylic oxidation sites excluding steroid dienone is 8. The average molecular weight is 824 g/mol. The van der Waals surface area contributed by atoms with Crippen molar-refractivity contribution in [1.29, 1.82) is 0 Å². The number of hydrogen-bond acceptors (Lipinski definition) is 7. The molecule has 0 fully saturated rings. The number of hydrogen-bond donors (Lipinski definition) is 0. The van der Waals surface area contributed by atoms with E-state index in [1.165, 1.54) is 116 Å². The first-order valence-corrected chi connectivity index (χ1v) is 24.8. The molecule has 57 heavy (non-hydrogen) atoms. The van der Waals surface area contributed by atoms with Crippen LogP contribution in [0.3, 0.4) is 0 Å². The third-order valence-electron chi connectivity index (χ3n) is 9.89. The van der Waals surface area contributed by atoms with Crippen LogP contribution in [0.5, 0.6) is 0 Å². The van der Waals surface area contributed by atoms with Crippen LogP contribution in [0.1, 0.15) is 194 Å². The van der Waals surface area contributed by atoms with Crippen LogP contribution in [0, 0.1) is 0 Å². The van der Waals surface area contributed by atoms with Crippen molar-refractivity contribution in [3.05, 3.63) is 48.6 Å². The van der Waals surface area contributed by atoms with E-state index in [0.29, 0.717) is 24.1 Å². The fraction of sp³-hybridized carbons (Fsp3) is 0.812. The average Bonchev–Trinajstić information content (AvgIpc) is 3.16. The molecular weight excluding hydrogens is 734 g/mol. The van der Waals surface area contributed by atoms with E-state index in [1.54, 1.807) is 0 Å². The number of quaternary nitrogens is 1. The van der Waals surface area contributed by atoms with E-state index in [1.807, 2.05) is 21.1 Å². The quantitative estimate of drug-likeness (QED) is 0.0199. The molecule has 0 saturated heterocycles. The van der Waals surface area contributed by atoms with Crippen molar-refractivity contribution in [3.8, 4) is 0 Å². The lowest BCUT2D eigenvalue weighted by Gasteiger charge is -2.28. The van der Waals surface area contributed by atoms with Gasteiger partial charge in [-0.1, -0.05) is 184 Å². The zero-order valence-corrected chi connectivity index (χ0v) is 38.7. The topological polar surface area (TPSA) is 94.1 Å². The SMILES string of the molecule is CC/C=C\C/C=C\C/C=C\C/C=C\CCCCC(=O)OC(COCCCCCCCCCCCCCCCCCCCCCC)COP(=O)([O-])OCC[N+](C)(C)C. The van der Waals surface area contributed by atoms with Gasteiger partial charge in [0, 0.05) is 13.0 Å². The van der Waals surface area contributed by atoms with Crippen LogP contribution in [-0.4, -0.2) is 70.7 Å². The second kappa shape index (κ2) is 41.2. The van der Waals surface area contributed by atoms with Gasteiger partial charge >= 0.3 is 5.97 Å². The highest BCUT2D eigenvalue weighted by atomic mass is 31.2. The molecule has 0 bridgehead atoms. The Bertz CT molecular complexity index is 1050. The minimum atomic E-state index is -4.54. The summed E-state index contributed by atoms with van der Waals surface area (Å²) >= 11 is 0. The van der Waals surface area contributed by atoms with Gasteiger partial charge in [0.15, 0.2) is 0 Å². The van der Waals surface area contributed by atoms with Gasteiger partial charge in [0.1, 0.15) is 19.3 Å². The van der Waals surface area contributed by atoms with Gasteiger partial charge in [-0.05, 0) is 51.4 Å². The highest BCUT2D eigenvalue weighted by molar-refractivity contribution is 7.45. The Morgan fingerprint density at radius 2 is 1.02 bits per heavy atom. The molecule has 0 aromatic heterocycles. The minimum Gasteiger partial charge on any atom is -0.756 e. The molecule has 0 aromatic rings. The number of rotatable bonds is 43. The Hall–Kier alpha value is -1.54. The molecule has 0 aliphatic carbocycles. The van der Waals surface area contributed by atoms with Crippen molar-refractivity contribution in [3.63, 3.8) is 0 Å². The van der Waals surface area contributed by atoms with Gasteiger partial charge < -0.3 is 27.9 Å². The molecule has 0 radical (unpaired) electrons. The molecule has 0 amide bonds. The van der Waals surface area contributed by atoms with Gasteiger partial charge in [-0.2, -0.15) is 0 Å². The molecule has 0 heterocycles. The van der Waals surface area contributed by atoms with Crippen molar-refractivity contribution in [2.45, 2.75) is 200 Å². The molecule has 0 saturated carbocycles. The zero-order valence-electron chi connectivity index (χ0n) is 37.8. The number of carbonyl (C=O) groups excluding carboxylic acids is 1. The highest BCUT2D eigenvalue weighted by Crippen LogP contribution is 2.38. The summed E-state index contributed by atoms with van der Waals surface area (Å²) in [6.07, 6.45) is 49.9. The number of ether oxygens (including phenoxy) is 2. The minimum absolute atomic E-state index is 0.0178. The number of carbonyl (C=O) groups is 1. The molecule has 2 unspecified atom stereocenters. The fourth-order valence-electron chi connectivity index (χ4n) is 6.30. The van der Waals surface area contributed by atoms with Gasteiger partial charge in [0.25, 0.3) is 7.82 Å². The monoisotopic (exact) mass is 824 g/mol. The molecule has 0 aliphatic heterocycles. The normalized spacial score (nSPS) is 14.1. The summed E-state index contributed by atoms with van der Waals surface area (Å²) in [6.45, 7) is 5.26. The maximum atomic E-state index is 12.7. The smallest absolute Gasteiger partial charge is 0.306 e. The lowest BCUT2D eigenvalue weighted by atomic mass is 10.0. The van der Waals surface area contributed by atoms with E-state index in [2.05, 4.69) is 62.5 Å². The summed E-state index contributed by atoms with van der Waals surface area (Å²) < 4.78 is 34.6. The number of nitrogens with zero attached hydrogens (tertiary/aromatic N) is 1. The Labute approximate surface area is 352 Å². The van der Waals surface area contributed by atoms with E-state index < -0.39 is 13.9 Å². The van der Waals surface area contributed by atoms with E-state index in [4.69, 9.17) is 18.5 Å². The number of esters is 1. The second-order valence-electron chi connectivity index (χ2n) is 16.7. The Morgan fingerprint density at radius 3 is 1.49 bits per heavy atom. The molecule has 0 aromatic carbocycles. The Balaban J connectivity index is 4.21. The standard InChI is InChI=1S/C48H90NO7P/c1-6-8-10-12-14-16-18-20-22-23-24-25-26-28-30-32-34-36-38-40-43-53-45-47(46-55-57(51,52)54-44-42-49(3,4)5)56-48(50)41-39-37-35-33-31-29-27-21-19-17-15-13-11-9-7-2/h9,11,15,17,21,27,31,33,47H,6-8,10,12-14,16,18-20,22-26,28-30,32,34-46H2,1-5H3/b11-9-,17-15-,27-21-,33-31-. The van der Waals surface area contributed by atoms with Crippen LogP contribution >= 0.6 is 7.82 Å². The lowest BCUT2D eigenvalue weighted by molar-refractivity contribution is -0.870.